The van der Waals surface area contributed by atoms with Gasteiger partial charge in [-0.3, -0.25) is 9.48 Å². The summed E-state index contributed by atoms with van der Waals surface area (Å²) in [5, 5.41) is 9.04. The summed E-state index contributed by atoms with van der Waals surface area (Å²) >= 11 is 13.0. The summed E-state index contributed by atoms with van der Waals surface area (Å²) in [5.74, 6) is 0.859. The van der Waals surface area contributed by atoms with Gasteiger partial charge in [-0.15, -0.1) is 0 Å². The first-order valence-electron chi connectivity index (χ1n) is 10.1. The van der Waals surface area contributed by atoms with E-state index in [-0.39, 0.29) is 12.5 Å². The van der Waals surface area contributed by atoms with Crippen LogP contribution in [0.1, 0.15) is 29.4 Å². The molecule has 174 valence electrons. The Labute approximate surface area is 214 Å². The average molecular weight is 599 g/mol. The number of halogens is 3. The number of hydrazone groups is 1. The molecule has 3 rings (SSSR count). The van der Waals surface area contributed by atoms with E-state index in [1.165, 1.54) is 0 Å². The van der Waals surface area contributed by atoms with Crippen molar-refractivity contribution in [2.24, 2.45) is 5.10 Å². The predicted octanol–water partition coefficient (Wildman–Crippen LogP) is 5.81. The van der Waals surface area contributed by atoms with Crippen LogP contribution in [-0.4, -0.2) is 28.5 Å². The highest BCUT2D eigenvalue weighted by atomic mass is 79.9. The lowest BCUT2D eigenvalue weighted by molar-refractivity contribution is -0.121. The zero-order chi connectivity index (χ0) is 24.0. The van der Waals surface area contributed by atoms with Crippen LogP contribution in [-0.2, 0) is 17.9 Å². The van der Waals surface area contributed by atoms with Crippen LogP contribution in [0.3, 0.4) is 0 Å². The highest BCUT2D eigenvalue weighted by molar-refractivity contribution is 9.10. The molecule has 0 unspecified atom stereocenters. The molecule has 1 aromatic heterocycles. The summed E-state index contributed by atoms with van der Waals surface area (Å²) in [6.45, 7) is 6.54. The molecule has 1 amide bonds. The van der Waals surface area contributed by atoms with Gasteiger partial charge < -0.3 is 9.47 Å². The van der Waals surface area contributed by atoms with E-state index in [1.54, 1.807) is 17.0 Å². The number of aromatic nitrogens is 2. The Kier molecular flexibility index (Phi) is 8.94. The van der Waals surface area contributed by atoms with Crippen molar-refractivity contribution in [2.45, 2.75) is 33.9 Å². The molecule has 0 aliphatic rings. The van der Waals surface area contributed by atoms with Crippen molar-refractivity contribution in [3.8, 4) is 11.5 Å². The first kappa shape index (κ1) is 25.3. The summed E-state index contributed by atoms with van der Waals surface area (Å²) in [6.07, 6.45) is 1.54. The number of ether oxygens (including phenoxy) is 2. The van der Waals surface area contributed by atoms with Gasteiger partial charge in [0.1, 0.15) is 13.2 Å². The van der Waals surface area contributed by atoms with E-state index in [1.807, 2.05) is 51.1 Å². The first-order valence-corrected chi connectivity index (χ1v) is 12.1. The smallest absolute Gasteiger partial charge is 0.261 e. The van der Waals surface area contributed by atoms with E-state index in [4.69, 9.17) is 21.1 Å². The SMILES string of the molecule is CCOc1cc(/C=N/NC(=O)Cn2nc(C)c(Br)c2C)cc(Br)c1OCc1cccc(Cl)c1. The van der Waals surface area contributed by atoms with Gasteiger partial charge in [0.05, 0.1) is 33.2 Å². The van der Waals surface area contributed by atoms with Crippen LogP contribution in [0.5, 0.6) is 11.5 Å². The molecule has 0 aliphatic carbocycles. The van der Waals surface area contributed by atoms with Crippen molar-refractivity contribution in [3.63, 3.8) is 0 Å². The number of amides is 1. The summed E-state index contributed by atoms with van der Waals surface area (Å²) in [7, 11) is 0. The van der Waals surface area contributed by atoms with Gasteiger partial charge in [-0.25, -0.2) is 5.43 Å². The maximum Gasteiger partial charge on any atom is 0.261 e. The fourth-order valence-electron chi connectivity index (χ4n) is 3.03. The van der Waals surface area contributed by atoms with Crippen molar-refractivity contribution in [1.29, 1.82) is 0 Å². The van der Waals surface area contributed by atoms with Gasteiger partial charge in [-0.05, 0) is 88.0 Å². The summed E-state index contributed by atoms with van der Waals surface area (Å²) in [5.41, 5.74) is 5.91. The lowest BCUT2D eigenvalue weighted by Gasteiger charge is -2.15. The molecule has 0 fully saturated rings. The molecule has 0 spiro atoms. The molecule has 0 bridgehead atoms. The molecule has 0 saturated carbocycles. The molecule has 1 heterocycles. The Balaban J connectivity index is 1.68. The Morgan fingerprint density at radius 2 is 2.03 bits per heavy atom. The molecule has 10 heteroatoms. The molecule has 0 radical (unpaired) electrons. The number of carbonyl (C=O) groups excluding carboxylic acids is 1. The second-order valence-corrected chi connectivity index (χ2v) is 9.20. The van der Waals surface area contributed by atoms with Gasteiger partial charge in [0.15, 0.2) is 11.5 Å². The van der Waals surface area contributed by atoms with Crippen molar-refractivity contribution >= 4 is 55.6 Å². The van der Waals surface area contributed by atoms with Crippen molar-refractivity contribution in [3.05, 3.63) is 72.9 Å². The van der Waals surface area contributed by atoms with E-state index in [9.17, 15) is 4.79 Å². The number of rotatable bonds is 9. The fraction of sp³-hybridized carbons (Fsp3) is 0.261. The lowest BCUT2D eigenvalue weighted by atomic mass is 10.2. The van der Waals surface area contributed by atoms with Gasteiger partial charge in [-0.2, -0.15) is 10.2 Å². The van der Waals surface area contributed by atoms with Gasteiger partial charge in [0, 0.05) is 5.02 Å². The van der Waals surface area contributed by atoms with Crippen LogP contribution >= 0.6 is 43.5 Å². The number of carbonyl (C=O) groups is 1. The Hall–Kier alpha value is -2.36. The van der Waals surface area contributed by atoms with E-state index in [0.717, 1.165) is 27.0 Å². The quantitative estimate of drug-likeness (QED) is 0.249. The van der Waals surface area contributed by atoms with Crippen molar-refractivity contribution in [1.82, 2.24) is 15.2 Å². The zero-order valence-corrected chi connectivity index (χ0v) is 22.3. The van der Waals surface area contributed by atoms with E-state index in [2.05, 4.69) is 47.5 Å². The van der Waals surface area contributed by atoms with Crippen LogP contribution in [0.25, 0.3) is 0 Å². The first-order chi connectivity index (χ1) is 15.8. The fourth-order valence-corrected chi connectivity index (χ4v) is 4.10. The third kappa shape index (κ3) is 6.82. The van der Waals surface area contributed by atoms with Crippen LogP contribution in [0, 0.1) is 13.8 Å². The molecule has 33 heavy (non-hydrogen) atoms. The van der Waals surface area contributed by atoms with Crippen molar-refractivity contribution < 1.29 is 14.3 Å². The number of benzene rings is 2. The van der Waals surface area contributed by atoms with Gasteiger partial charge in [0.25, 0.3) is 5.91 Å². The number of hydrogen-bond acceptors (Lipinski definition) is 5. The van der Waals surface area contributed by atoms with Gasteiger partial charge >= 0.3 is 0 Å². The Morgan fingerprint density at radius 3 is 2.70 bits per heavy atom. The van der Waals surface area contributed by atoms with Crippen LogP contribution in [0.2, 0.25) is 5.02 Å². The molecule has 2 aromatic carbocycles. The van der Waals surface area contributed by atoms with Crippen LogP contribution < -0.4 is 14.9 Å². The summed E-state index contributed by atoms with van der Waals surface area (Å²) in [6, 6.07) is 11.1. The molecule has 1 N–H and O–H groups in total. The number of nitrogens with one attached hydrogen (secondary N) is 1. The lowest BCUT2D eigenvalue weighted by Crippen LogP contribution is -2.24. The largest absolute Gasteiger partial charge is 0.490 e. The van der Waals surface area contributed by atoms with Crippen molar-refractivity contribution in [2.75, 3.05) is 6.61 Å². The topological polar surface area (TPSA) is 77.7 Å². The van der Waals surface area contributed by atoms with Crippen LogP contribution in [0.15, 0.2) is 50.4 Å². The van der Waals surface area contributed by atoms with Crippen LogP contribution in [0.4, 0.5) is 0 Å². The highest BCUT2D eigenvalue weighted by Gasteiger charge is 2.13. The third-order valence-electron chi connectivity index (χ3n) is 4.59. The molecular formula is C23H23Br2ClN4O3. The van der Waals surface area contributed by atoms with Gasteiger partial charge in [-0.1, -0.05) is 23.7 Å². The molecule has 3 aromatic rings. The molecule has 0 atom stereocenters. The molecule has 0 saturated heterocycles. The normalized spacial score (nSPS) is 11.1. The monoisotopic (exact) mass is 596 g/mol. The van der Waals surface area contributed by atoms with E-state index >= 15 is 0 Å². The van der Waals surface area contributed by atoms with Gasteiger partial charge in [0.2, 0.25) is 0 Å². The second-order valence-electron chi connectivity index (χ2n) is 7.12. The predicted molar refractivity (Wildman–Crippen MR) is 136 cm³/mol. The minimum Gasteiger partial charge on any atom is -0.490 e. The highest BCUT2D eigenvalue weighted by Crippen LogP contribution is 2.37. The maximum atomic E-state index is 12.2. The minimum atomic E-state index is -0.282. The average Bonchev–Trinajstić information content (AvgIpc) is 3.00. The summed E-state index contributed by atoms with van der Waals surface area (Å²) in [4.78, 5) is 12.2. The van der Waals surface area contributed by atoms with E-state index in [0.29, 0.717) is 34.2 Å². The Morgan fingerprint density at radius 1 is 1.24 bits per heavy atom. The molecule has 7 nitrogen and oxygen atoms in total. The number of nitrogens with zero attached hydrogens (tertiary/aromatic N) is 3. The second kappa shape index (κ2) is 11.7. The minimum absolute atomic E-state index is 0.0692. The third-order valence-corrected chi connectivity index (χ3v) is 6.57. The molecule has 0 aliphatic heterocycles. The maximum absolute atomic E-state index is 12.2. The van der Waals surface area contributed by atoms with E-state index < -0.39 is 0 Å². The Bertz CT molecular complexity index is 1180. The summed E-state index contributed by atoms with van der Waals surface area (Å²) < 4.78 is 15.0. The standard InChI is InChI=1S/C23H23Br2ClN4O3/c1-4-32-20-10-17(9-19(24)23(20)33-13-16-6-5-7-18(26)8-16)11-27-28-21(31)12-30-15(3)22(25)14(2)29-30/h5-11H,4,12-13H2,1-3H3,(H,28,31)/b27-11+. The number of aryl methyl sites for hydroxylation is 1. The zero-order valence-electron chi connectivity index (χ0n) is 18.4. The number of hydrogen-bond donors (Lipinski definition) is 1. The molecular weight excluding hydrogens is 576 g/mol.